The largest absolute Gasteiger partial charge is 0.468 e. The Morgan fingerprint density at radius 1 is 1.40 bits per heavy atom. The van der Waals surface area contributed by atoms with Crippen molar-refractivity contribution in [1.29, 1.82) is 0 Å². The molecular formula is C12H15NO6S. The Morgan fingerprint density at radius 2 is 2.05 bits per heavy atom. The quantitative estimate of drug-likeness (QED) is 0.551. The first-order valence-corrected chi connectivity index (χ1v) is 7.12. The van der Waals surface area contributed by atoms with E-state index in [1.54, 1.807) is 0 Å². The van der Waals surface area contributed by atoms with Gasteiger partial charge in [-0.25, -0.2) is 8.42 Å². The van der Waals surface area contributed by atoms with Crippen LogP contribution < -0.4 is 4.72 Å². The predicted molar refractivity (Wildman–Crippen MR) is 69.7 cm³/mol. The van der Waals surface area contributed by atoms with Crippen molar-refractivity contribution in [3.05, 3.63) is 29.8 Å². The molecule has 1 unspecified atom stereocenters. The molecule has 2 N–H and O–H groups in total. The molecule has 110 valence electrons. The van der Waals surface area contributed by atoms with Crippen LogP contribution in [-0.4, -0.2) is 45.0 Å². The molecule has 0 radical (unpaired) electrons. The third-order valence-electron chi connectivity index (χ3n) is 2.52. The van der Waals surface area contributed by atoms with Crippen molar-refractivity contribution in [2.75, 3.05) is 13.7 Å². The number of Topliss-reactive ketones (excluding diaryl/α,β-unsaturated/α-hetero) is 1. The minimum absolute atomic E-state index is 0.174. The van der Waals surface area contributed by atoms with E-state index in [-0.39, 0.29) is 16.2 Å². The van der Waals surface area contributed by atoms with Gasteiger partial charge in [0.25, 0.3) is 0 Å². The maximum Gasteiger partial charge on any atom is 0.326 e. The first-order valence-electron chi connectivity index (χ1n) is 5.64. The molecule has 0 spiro atoms. The maximum atomic E-state index is 12.1. The normalized spacial score (nSPS) is 12.8. The summed E-state index contributed by atoms with van der Waals surface area (Å²) in [6.45, 7) is 0.572. The van der Waals surface area contributed by atoms with Gasteiger partial charge >= 0.3 is 5.97 Å². The summed E-state index contributed by atoms with van der Waals surface area (Å²) in [5.41, 5.74) is 0.228. The average molecular weight is 301 g/mol. The van der Waals surface area contributed by atoms with Crippen LogP contribution in [0.25, 0.3) is 0 Å². The topological polar surface area (TPSA) is 110 Å². The number of aliphatic hydroxyl groups is 1. The summed E-state index contributed by atoms with van der Waals surface area (Å²) in [5, 5.41) is 9.00. The number of sulfonamides is 1. The number of benzene rings is 1. The monoisotopic (exact) mass is 301 g/mol. The van der Waals surface area contributed by atoms with E-state index in [1.165, 1.54) is 31.2 Å². The first kappa shape index (κ1) is 16.3. The molecule has 1 rings (SSSR count). The van der Waals surface area contributed by atoms with Gasteiger partial charge in [0.15, 0.2) is 5.78 Å². The molecule has 0 aliphatic rings. The lowest BCUT2D eigenvalue weighted by Crippen LogP contribution is -2.43. The summed E-state index contributed by atoms with van der Waals surface area (Å²) in [6.07, 6.45) is 0. The van der Waals surface area contributed by atoms with Gasteiger partial charge in [0.2, 0.25) is 10.0 Å². The number of rotatable bonds is 6. The zero-order valence-electron chi connectivity index (χ0n) is 11.0. The number of methoxy groups -OCH3 is 1. The van der Waals surface area contributed by atoms with Crippen molar-refractivity contribution in [2.45, 2.75) is 17.9 Å². The van der Waals surface area contributed by atoms with Crippen LogP contribution >= 0.6 is 0 Å². The Kier molecular flexibility index (Phi) is 5.37. The summed E-state index contributed by atoms with van der Waals surface area (Å²) in [4.78, 5) is 22.3. The van der Waals surface area contributed by atoms with Gasteiger partial charge in [-0.05, 0) is 19.1 Å². The zero-order valence-corrected chi connectivity index (χ0v) is 11.8. The van der Waals surface area contributed by atoms with Crippen LogP contribution in [0, 0.1) is 0 Å². The molecule has 0 aliphatic heterocycles. The van der Waals surface area contributed by atoms with Crippen LogP contribution in [0.4, 0.5) is 0 Å². The van der Waals surface area contributed by atoms with E-state index < -0.39 is 28.6 Å². The van der Waals surface area contributed by atoms with Crippen LogP contribution in [0.1, 0.15) is 17.3 Å². The van der Waals surface area contributed by atoms with Gasteiger partial charge in [0.05, 0.1) is 18.6 Å². The molecule has 1 aromatic rings. The van der Waals surface area contributed by atoms with Crippen LogP contribution in [-0.2, 0) is 19.6 Å². The molecule has 0 saturated carbocycles. The van der Waals surface area contributed by atoms with Gasteiger partial charge in [-0.3, -0.25) is 9.59 Å². The van der Waals surface area contributed by atoms with Crippen LogP contribution in [0.3, 0.4) is 0 Å². The summed E-state index contributed by atoms with van der Waals surface area (Å²) >= 11 is 0. The number of carbonyl (C=O) groups is 2. The van der Waals surface area contributed by atoms with E-state index in [0.29, 0.717) is 0 Å². The first-order chi connectivity index (χ1) is 9.31. The third kappa shape index (κ3) is 3.86. The highest BCUT2D eigenvalue weighted by molar-refractivity contribution is 7.89. The van der Waals surface area contributed by atoms with Gasteiger partial charge in [-0.15, -0.1) is 0 Å². The molecule has 0 saturated heterocycles. The van der Waals surface area contributed by atoms with E-state index in [0.717, 1.165) is 7.11 Å². The maximum absolute atomic E-state index is 12.1. The molecule has 1 atom stereocenters. The molecule has 0 bridgehead atoms. The van der Waals surface area contributed by atoms with Gasteiger partial charge in [0.1, 0.15) is 6.04 Å². The van der Waals surface area contributed by atoms with E-state index >= 15 is 0 Å². The minimum Gasteiger partial charge on any atom is -0.468 e. The molecule has 8 heteroatoms. The van der Waals surface area contributed by atoms with Crippen molar-refractivity contribution in [3.8, 4) is 0 Å². The van der Waals surface area contributed by atoms with Crippen molar-refractivity contribution in [1.82, 2.24) is 4.72 Å². The Morgan fingerprint density at radius 3 is 2.55 bits per heavy atom. The number of nitrogens with one attached hydrogen (secondary N) is 1. The van der Waals surface area contributed by atoms with Gasteiger partial charge < -0.3 is 9.84 Å². The van der Waals surface area contributed by atoms with E-state index in [4.69, 9.17) is 5.11 Å². The van der Waals surface area contributed by atoms with Crippen molar-refractivity contribution in [3.63, 3.8) is 0 Å². The molecule has 0 amide bonds. The number of ether oxygens (including phenoxy) is 1. The molecule has 0 heterocycles. The highest BCUT2D eigenvalue weighted by Gasteiger charge is 2.26. The van der Waals surface area contributed by atoms with Crippen molar-refractivity contribution >= 4 is 21.8 Å². The van der Waals surface area contributed by atoms with Crippen LogP contribution in [0.2, 0.25) is 0 Å². The number of aliphatic hydroxyl groups excluding tert-OH is 1. The zero-order chi connectivity index (χ0) is 15.3. The molecule has 0 fully saturated rings. The lowest BCUT2D eigenvalue weighted by molar-refractivity contribution is -0.143. The van der Waals surface area contributed by atoms with E-state index in [1.807, 2.05) is 4.72 Å². The summed E-state index contributed by atoms with van der Waals surface area (Å²) in [6, 6.07) is 3.96. The second kappa shape index (κ2) is 6.60. The lowest BCUT2D eigenvalue weighted by atomic mass is 10.2. The molecule has 0 aromatic heterocycles. The summed E-state index contributed by atoms with van der Waals surface area (Å²) < 4.78 is 30.5. The smallest absolute Gasteiger partial charge is 0.326 e. The second-order valence-electron chi connectivity index (χ2n) is 3.96. The Balaban J connectivity index is 3.07. The number of carbonyl (C=O) groups excluding carboxylic acids is 2. The summed E-state index contributed by atoms with van der Waals surface area (Å²) in [7, 11) is -2.97. The highest BCUT2D eigenvalue weighted by Crippen LogP contribution is 2.12. The standard InChI is InChI=1S/C12H15NO6S/c1-8(15)9-4-3-5-10(6-9)20(17,18)13-11(7-14)12(16)19-2/h3-6,11,13-14H,7H2,1-2H3. The number of ketones is 1. The third-order valence-corrected chi connectivity index (χ3v) is 3.99. The van der Waals surface area contributed by atoms with Crippen LogP contribution in [0.5, 0.6) is 0 Å². The SMILES string of the molecule is COC(=O)C(CO)NS(=O)(=O)c1cccc(C(C)=O)c1. The van der Waals surface area contributed by atoms with Gasteiger partial charge in [0, 0.05) is 5.56 Å². The number of esters is 1. The second-order valence-corrected chi connectivity index (χ2v) is 5.68. The number of hydrogen-bond donors (Lipinski definition) is 2. The lowest BCUT2D eigenvalue weighted by Gasteiger charge is -2.14. The predicted octanol–water partition coefficient (Wildman–Crippen LogP) is -0.299. The molecule has 20 heavy (non-hydrogen) atoms. The minimum atomic E-state index is -4.05. The Bertz CT molecular complexity index is 610. The van der Waals surface area contributed by atoms with Gasteiger partial charge in [-0.2, -0.15) is 4.72 Å². The molecular weight excluding hydrogens is 286 g/mol. The fraction of sp³-hybridized carbons (Fsp3) is 0.333. The number of hydrogen-bond acceptors (Lipinski definition) is 6. The summed E-state index contributed by atoms with van der Waals surface area (Å²) in [5.74, 6) is -1.19. The highest BCUT2D eigenvalue weighted by atomic mass is 32.2. The Labute approximate surface area is 116 Å². The fourth-order valence-electron chi connectivity index (χ4n) is 1.44. The van der Waals surface area contributed by atoms with Crippen molar-refractivity contribution in [2.24, 2.45) is 0 Å². The van der Waals surface area contributed by atoms with E-state index in [2.05, 4.69) is 4.74 Å². The molecule has 1 aromatic carbocycles. The van der Waals surface area contributed by atoms with E-state index in [9.17, 15) is 18.0 Å². The Hall–Kier alpha value is -1.77. The molecule has 7 nitrogen and oxygen atoms in total. The average Bonchev–Trinajstić information content (AvgIpc) is 2.44. The van der Waals surface area contributed by atoms with Crippen molar-refractivity contribution < 1.29 is 27.9 Å². The fourth-order valence-corrected chi connectivity index (χ4v) is 2.66. The van der Waals surface area contributed by atoms with Gasteiger partial charge in [-0.1, -0.05) is 12.1 Å². The van der Waals surface area contributed by atoms with Crippen LogP contribution in [0.15, 0.2) is 29.2 Å². The molecule has 0 aliphatic carbocycles.